The summed E-state index contributed by atoms with van der Waals surface area (Å²) in [7, 11) is 0. The average Bonchev–Trinajstić information content (AvgIpc) is 2.49. The Bertz CT molecular complexity index is 469. The van der Waals surface area contributed by atoms with E-state index >= 15 is 0 Å². The van der Waals surface area contributed by atoms with Crippen molar-refractivity contribution in [3.05, 3.63) is 11.4 Å². The molecule has 1 saturated carbocycles. The number of hydrogen-bond donors (Lipinski definition) is 3. The summed E-state index contributed by atoms with van der Waals surface area (Å²) in [6.07, 6.45) is 7.18. The Labute approximate surface area is 131 Å². The summed E-state index contributed by atoms with van der Waals surface area (Å²) < 4.78 is 0. The molecule has 0 aromatic carbocycles. The van der Waals surface area contributed by atoms with Gasteiger partial charge in [-0.1, -0.05) is 13.8 Å². The van der Waals surface area contributed by atoms with Crippen molar-refractivity contribution in [1.82, 2.24) is 9.97 Å². The fraction of sp³-hybridized carbons (Fsp3) is 0.733. The second-order valence-electron chi connectivity index (χ2n) is 6.06. The first-order chi connectivity index (χ1) is 10.0. The van der Waals surface area contributed by atoms with Crippen molar-refractivity contribution in [2.75, 3.05) is 17.0 Å². The second kappa shape index (κ2) is 7.31. The lowest BCUT2D eigenvalue weighted by atomic mass is 9.95. The first-order valence-electron chi connectivity index (χ1n) is 7.69. The third-order valence-corrected chi connectivity index (χ3v) is 5.30. The molecule has 21 heavy (non-hydrogen) atoms. The van der Waals surface area contributed by atoms with Crippen LogP contribution in [0, 0.1) is 6.92 Å². The highest BCUT2D eigenvalue weighted by Crippen LogP contribution is 2.30. The minimum atomic E-state index is 0.283. The van der Waals surface area contributed by atoms with Crippen LogP contribution in [0.5, 0.6) is 0 Å². The van der Waals surface area contributed by atoms with Crippen molar-refractivity contribution in [2.45, 2.75) is 63.7 Å². The molecule has 1 heterocycles. The standard InChI is InChI=1S/C15H27N5S/c1-9(2)13-18-14(10(3)15(19-13)20-16)17-11-5-7-12(21-4)8-6-11/h9,11-12H,5-8,16H2,1-4H3,(H2,17,18,19,20). The molecule has 118 valence electrons. The van der Waals surface area contributed by atoms with Crippen LogP contribution in [0.15, 0.2) is 0 Å². The Morgan fingerprint density at radius 3 is 2.29 bits per heavy atom. The summed E-state index contributed by atoms with van der Waals surface area (Å²) in [6.45, 7) is 6.20. The molecule has 0 radical (unpaired) electrons. The highest BCUT2D eigenvalue weighted by Gasteiger charge is 2.22. The Morgan fingerprint density at radius 2 is 1.76 bits per heavy atom. The monoisotopic (exact) mass is 309 g/mol. The number of aromatic nitrogens is 2. The van der Waals surface area contributed by atoms with E-state index in [1.165, 1.54) is 25.7 Å². The molecule has 0 amide bonds. The SMILES string of the molecule is CSC1CCC(Nc2nc(C(C)C)nc(NN)c2C)CC1. The summed E-state index contributed by atoms with van der Waals surface area (Å²) in [5.41, 5.74) is 3.68. The minimum absolute atomic E-state index is 0.283. The second-order valence-corrected chi connectivity index (χ2v) is 7.19. The van der Waals surface area contributed by atoms with Crippen molar-refractivity contribution >= 4 is 23.4 Å². The molecule has 0 atom stereocenters. The van der Waals surface area contributed by atoms with Crippen LogP contribution in [0.25, 0.3) is 0 Å². The van der Waals surface area contributed by atoms with Gasteiger partial charge in [-0.3, -0.25) is 0 Å². The Kier molecular flexibility index (Phi) is 5.70. The molecule has 0 bridgehead atoms. The molecule has 1 aliphatic rings. The van der Waals surface area contributed by atoms with E-state index in [9.17, 15) is 0 Å². The van der Waals surface area contributed by atoms with Crippen molar-refractivity contribution in [3.63, 3.8) is 0 Å². The van der Waals surface area contributed by atoms with E-state index in [-0.39, 0.29) is 5.92 Å². The van der Waals surface area contributed by atoms with Gasteiger partial charge in [0.2, 0.25) is 0 Å². The number of nitrogens with one attached hydrogen (secondary N) is 2. The molecule has 0 unspecified atom stereocenters. The zero-order chi connectivity index (χ0) is 15.4. The van der Waals surface area contributed by atoms with Crippen LogP contribution in [0.3, 0.4) is 0 Å². The van der Waals surface area contributed by atoms with Gasteiger partial charge in [-0.2, -0.15) is 11.8 Å². The predicted molar refractivity (Wildman–Crippen MR) is 91.8 cm³/mol. The molecule has 1 aliphatic carbocycles. The first kappa shape index (κ1) is 16.4. The third kappa shape index (κ3) is 4.01. The highest BCUT2D eigenvalue weighted by molar-refractivity contribution is 7.99. The smallest absolute Gasteiger partial charge is 0.148 e. The number of hydrogen-bond acceptors (Lipinski definition) is 6. The van der Waals surface area contributed by atoms with Gasteiger partial charge in [0.05, 0.1) is 0 Å². The number of thioether (sulfide) groups is 1. The lowest BCUT2D eigenvalue weighted by Crippen LogP contribution is -2.28. The molecule has 1 fully saturated rings. The van der Waals surface area contributed by atoms with Crippen LogP contribution in [-0.2, 0) is 0 Å². The van der Waals surface area contributed by atoms with Crippen LogP contribution in [-0.4, -0.2) is 27.5 Å². The number of nitrogens with two attached hydrogens (primary N) is 1. The first-order valence-corrected chi connectivity index (χ1v) is 8.98. The lowest BCUT2D eigenvalue weighted by Gasteiger charge is -2.29. The average molecular weight is 309 g/mol. The Morgan fingerprint density at radius 1 is 1.14 bits per heavy atom. The van der Waals surface area contributed by atoms with Crippen LogP contribution in [0.2, 0.25) is 0 Å². The number of anilines is 2. The van der Waals surface area contributed by atoms with Gasteiger partial charge in [-0.15, -0.1) is 0 Å². The van der Waals surface area contributed by atoms with Crippen molar-refractivity contribution in [2.24, 2.45) is 5.84 Å². The zero-order valence-corrected chi connectivity index (χ0v) is 14.3. The molecule has 0 aliphatic heterocycles. The van der Waals surface area contributed by atoms with E-state index in [0.717, 1.165) is 22.5 Å². The number of nitrogen functional groups attached to an aromatic ring is 1. The maximum atomic E-state index is 5.59. The van der Waals surface area contributed by atoms with Crippen molar-refractivity contribution < 1.29 is 0 Å². The fourth-order valence-corrected chi connectivity index (χ4v) is 3.45. The van der Waals surface area contributed by atoms with E-state index < -0.39 is 0 Å². The maximum absolute atomic E-state index is 5.59. The molecular weight excluding hydrogens is 282 g/mol. The maximum Gasteiger partial charge on any atom is 0.148 e. The van der Waals surface area contributed by atoms with E-state index in [4.69, 9.17) is 10.8 Å². The van der Waals surface area contributed by atoms with Gasteiger partial charge in [-0.05, 0) is 38.9 Å². The van der Waals surface area contributed by atoms with E-state index in [1.807, 2.05) is 18.7 Å². The number of rotatable bonds is 5. The van der Waals surface area contributed by atoms with Gasteiger partial charge in [0.25, 0.3) is 0 Å². The van der Waals surface area contributed by atoms with Gasteiger partial charge in [-0.25, -0.2) is 15.8 Å². The van der Waals surface area contributed by atoms with Gasteiger partial charge in [0.1, 0.15) is 17.5 Å². The van der Waals surface area contributed by atoms with E-state index in [0.29, 0.717) is 11.9 Å². The zero-order valence-electron chi connectivity index (χ0n) is 13.4. The van der Waals surface area contributed by atoms with Crippen LogP contribution < -0.4 is 16.6 Å². The molecule has 5 nitrogen and oxygen atoms in total. The lowest BCUT2D eigenvalue weighted by molar-refractivity contribution is 0.472. The Hall–Kier alpha value is -1.01. The van der Waals surface area contributed by atoms with E-state index in [1.54, 1.807) is 0 Å². The normalized spacial score (nSPS) is 22.4. The summed E-state index contributed by atoms with van der Waals surface area (Å²) in [4.78, 5) is 9.17. The topological polar surface area (TPSA) is 75.9 Å². The van der Waals surface area contributed by atoms with Crippen LogP contribution >= 0.6 is 11.8 Å². The van der Waals surface area contributed by atoms with Gasteiger partial charge in [0.15, 0.2) is 0 Å². The summed E-state index contributed by atoms with van der Waals surface area (Å²) >= 11 is 1.99. The molecule has 1 aromatic rings. The third-order valence-electron chi connectivity index (χ3n) is 4.16. The van der Waals surface area contributed by atoms with Crippen molar-refractivity contribution in [3.8, 4) is 0 Å². The van der Waals surface area contributed by atoms with Gasteiger partial charge >= 0.3 is 0 Å². The molecule has 2 rings (SSSR count). The molecule has 1 aromatic heterocycles. The Balaban J connectivity index is 2.13. The van der Waals surface area contributed by atoms with Crippen LogP contribution in [0.1, 0.15) is 56.8 Å². The quantitative estimate of drug-likeness (QED) is 0.572. The predicted octanol–water partition coefficient (Wildman–Crippen LogP) is 3.28. The fourth-order valence-electron chi connectivity index (χ4n) is 2.71. The number of nitrogens with zero attached hydrogens (tertiary/aromatic N) is 2. The molecule has 0 spiro atoms. The summed E-state index contributed by atoms with van der Waals surface area (Å²) in [5.74, 6) is 8.34. The molecule has 4 N–H and O–H groups in total. The van der Waals surface area contributed by atoms with Crippen molar-refractivity contribution in [1.29, 1.82) is 0 Å². The largest absolute Gasteiger partial charge is 0.367 e. The van der Waals surface area contributed by atoms with Crippen LogP contribution in [0.4, 0.5) is 11.6 Å². The number of hydrazine groups is 1. The van der Waals surface area contributed by atoms with Gasteiger partial charge in [0, 0.05) is 22.8 Å². The summed E-state index contributed by atoms with van der Waals surface area (Å²) in [5, 5.41) is 4.43. The summed E-state index contributed by atoms with van der Waals surface area (Å²) in [6, 6.07) is 0.507. The molecule has 6 heteroatoms. The molecule has 0 saturated heterocycles. The minimum Gasteiger partial charge on any atom is -0.367 e. The highest BCUT2D eigenvalue weighted by atomic mass is 32.2. The van der Waals surface area contributed by atoms with Gasteiger partial charge < -0.3 is 10.7 Å². The molecular formula is C15H27N5S. The van der Waals surface area contributed by atoms with E-state index in [2.05, 4.69) is 35.8 Å².